The van der Waals surface area contributed by atoms with Crippen molar-refractivity contribution in [3.8, 4) is 0 Å². The summed E-state index contributed by atoms with van der Waals surface area (Å²) >= 11 is 2.31. The molecule has 3 atom stereocenters. The van der Waals surface area contributed by atoms with Crippen LogP contribution in [0.15, 0.2) is 66.0 Å². The first kappa shape index (κ1) is 32.2. The first-order valence-electron chi connectivity index (χ1n) is 11.0. The van der Waals surface area contributed by atoms with Crippen molar-refractivity contribution in [3.63, 3.8) is 0 Å². The van der Waals surface area contributed by atoms with E-state index in [4.69, 9.17) is 15.3 Å². The van der Waals surface area contributed by atoms with E-state index in [0.717, 1.165) is 55.6 Å². The summed E-state index contributed by atoms with van der Waals surface area (Å²) < 4.78 is -0.494. The molecule has 0 aromatic carbocycles. The number of nitrogens with zero attached hydrogens (tertiary/aromatic N) is 6. The van der Waals surface area contributed by atoms with Crippen LogP contribution in [0, 0.1) is 0 Å². The molecule has 0 amide bonds. The van der Waals surface area contributed by atoms with Crippen molar-refractivity contribution in [1.82, 2.24) is 0 Å². The molecule has 0 spiro atoms. The standard InChI is InChI=1S/C22H33N6.3BrH.Ti/c1-7-16-13-20(10-4,26-23-16)19(21(11-5)14-17(8-2)24-27-21)22(12-6)15-18(9-3)25-28-22;;;;/h13-15H,7-12H2,1-6H3;3*1H;/q;;;;+3/p-3. The molecule has 3 rings (SSSR count). The summed E-state index contributed by atoms with van der Waals surface area (Å²) in [6, 6.07) is 0. The summed E-state index contributed by atoms with van der Waals surface area (Å²) in [6.45, 7) is 13.0. The summed E-state index contributed by atoms with van der Waals surface area (Å²) in [6.07, 6.45) is 11.9. The first-order chi connectivity index (χ1) is 13.8. The van der Waals surface area contributed by atoms with E-state index in [1.165, 1.54) is 0 Å². The van der Waals surface area contributed by atoms with Crippen LogP contribution in [-0.2, 0) is 20.4 Å². The maximum atomic E-state index is 4.96. The fraction of sp³-hybridized carbons (Fsp3) is 0.727. The van der Waals surface area contributed by atoms with Crippen molar-refractivity contribution in [2.45, 2.75) is 100 Å². The van der Waals surface area contributed by atoms with Crippen LogP contribution in [0.3, 0.4) is 0 Å². The van der Waals surface area contributed by atoms with Gasteiger partial charge in [0.1, 0.15) is 0 Å². The minimum atomic E-state index is -0.512. The molecular formula is C22H33Br3N6Ti. The van der Waals surface area contributed by atoms with Crippen molar-refractivity contribution in [3.05, 3.63) is 35.3 Å². The predicted octanol–water partition coefficient (Wildman–Crippen LogP) is -1.57. The second-order valence-electron chi connectivity index (χ2n) is 8.15. The Balaban J connectivity index is 0.00000320. The quantitative estimate of drug-likeness (QED) is 0.267. The number of rotatable bonds is 9. The molecule has 0 aromatic heterocycles. The topological polar surface area (TPSA) is 74.2 Å². The van der Waals surface area contributed by atoms with Crippen molar-refractivity contribution in [1.29, 1.82) is 0 Å². The molecule has 0 saturated heterocycles. The van der Waals surface area contributed by atoms with Crippen LogP contribution < -0.4 is 50.9 Å². The molecule has 0 bridgehead atoms. The van der Waals surface area contributed by atoms with Gasteiger partial charge in [-0.25, -0.2) is 0 Å². The first-order valence-corrected chi connectivity index (χ1v) is 11.8. The molecule has 0 aliphatic carbocycles. The van der Waals surface area contributed by atoms with Crippen molar-refractivity contribution in [2.75, 3.05) is 0 Å². The fourth-order valence-corrected chi connectivity index (χ4v) is 6.37. The van der Waals surface area contributed by atoms with E-state index in [1.807, 2.05) is 0 Å². The van der Waals surface area contributed by atoms with Gasteiger partial charge in [-0.3, -0.25) is 0 Å². The molecule has 32 heavy (non-hydrogen) atoms. The Labute approximate surface area is 236 Å². The maximum absolute atomic E-state index is 4.96. The molecule has 3 aliphatic rings. The van der Waals surface area contributed by atoms with Gasteiger partial charge in [-0.05, 0) is 0 Å². The van der Waals surface area contributed by atoms with Gasteiger partial charge in [0.2, 0.25) is 0 Å². The Hall–Kier alpha value is 0.174. The average Bonchev–Trinajstić information content (AvgIpc) is 3.50. The third kappa shape index (κ3) is 4.54. The SMILES string of the molecule is CCC1=CC(CC)([C]([Ti+3])(C2(CC)C=C(CC)N=N2)C2(CC)C=C(CC)N=N2)N=N1.[Br-].[Br-].[Br-]. The summed E-state index contributed by atoms with van der Waals surface area (Å²) in [7, 11) is 0. The molecule has 6 nitrogen and oxygen atoms in total. The van der Waals surface area contributed by atoms with Crippen LogP contribution in [0.4, 0.5) is 0 Å². The molecule has 0 aromatic rings. The third-order valence-electron chi connectivity index (χ3n) is 6.94. The molecule has 3 unspecified atom stereocenters. The van der Waals surface area contributed by atoms with E-state index in [2.05, 4.69) is 95.5 Å². The van der Waals surface area contributed by atoms with Gasteiger partial charge in [0.05, 0.1) is 0 Å². The van der Waals surface area contributed by atoms with Gasteiger partial charge in [-0.15, -0.1) is 0 Å². The predicted molar refractivity (Wildman–Crippen MR) is 111 cm³/mol. The normalized spacial score (nSPS) is 31.8. The molecule has 3 heterocycles. The summed E-state index contributed by atoms with van der Waals surface area (Å²) in [5.41, 5.74) is 1.59. The Bertz CT molecular complexity index is 745. The van der Waals surface area contributed by atoms with Gasteiger partial charge in [-0.2, -0.15) is 0 Å². The van der Waals surface area contributed by atoms with Gasteiger partial charge in [0.15, 0.2) is 0 Å². The minimum absolute atomic E-state index is 0. The Morgan fingerprint density at radius 3 is 1.00 bits per heavy atom. The molecule has 10 heteroatoms. The van der Waals surface area contributed by atoms with Gasteiger partial charge in [-0.1, -0.05) is 0 Å². The minimum Gasteiger partial charge on any atom is -1.00 e. The van der Waals surface area contributed by atoms with Crippen molar-refractivity contribution < 1.29 is 71.4 Å². The number of allylic oxidation sites excluding steroid dienone is 3. The number of halogens is 3. The van der Waals surface area contributed by atoms with Crippen molar-refractivity contribution >= 4 is 0 Å². The second-order valence-corrected chi connectivity index (χ2v) is 9.32. The third-order valence-corrected chi connectivity index (χ3v) is 8.97. The van der Waals surface area contributed by atoms with Gasteiger partial charge in [0.25, 0.3) is 0 Å². The summed E-state index contributed by atoms with van der Waals surface area (Å²) in [4.78, 5) is 0. The Morgan fingerprint density at radius 2 is 0.844 bits per heavy atom. The van der Waals surface area contributed by atoms with Crippen LogP contribution in [0.25, 0.3) is 0 Å². The van der Waals surface area contributed by atoms with Gasteiger partial charge >= 0.3 is 187 Å². The summed E-state index contributed by atoms with van der Waals surface area (Å²) in [5, 5.41) is 28.7. The molecule has 0 radical (unpaired) electrons. The maximum Gasteiger partial charge on any atom is -1.00 e. The molecule has 0 fully saturated rings. The number of hydrogen-bond donors (Lipinski definition) is 0. The van der Waals surface area contributed by atoms with E-state index in [0.29, 0.717) is 0 Å². The summed E-state index contributed by atoms with van der Waals surface area (Å²) in [5.74, 6) is 0. The zero-order valence-corrected chi connectivity index (χ0v) is 26.1. The number of azo groups is 3. The van der Waals surface area contributed by atoms with Gasteiger partial charge < -0.3 is 50.9 Å². The molecule has 0 N–H and O–H groups in total. The van der Waals surface area contributed by atoms with E-state index in [9.17, 15) is 0 Å². The van der Waals surface area contributed by atoms with Crippen LogP contribution in [-0.4, -0.2) is 16.6 Å². The molecule has 3 aliphatic heterocycles. The Morgan fingerprint density at radius 1 is 0.594 bits per heavy atom. The van der Waals surface area contributed by atoms with E-state index < -0.39 is 20.3 Å². The monoisotopic (exact) mass is 666 g/mol. The van der Waals surface area contributed by atoms with Crippen LogP contribution in [0.2, 0.25) is 3.72 Å². The van der Waals surface area contributed by atoms with E-state index >= 15 is 0 Å². The number of hydrogen-bond acceptors (Lipinski definition) is 6. The zero-order chi connectivity index (χ0) is 21.3. The van der Waals surface area contributed by atoms with Crippen molar-refractivity contribution in [2.24, 2.45) is 30.7 Å². The largest absolute Gasteiger partial charge is 1.00 e. The molecule has 176 valence electrons. The van der Waals surface area contributed by atoms with Gasteiger partial charge in [0, 0.05) is 0 Å². The molecular weight excluding hydrogens is 636 g/mol. The average molecular weight is 669 g/mol. The molecule has 0 saturated carbocycles. The fourth-order valence-electron chi connectivity index (χ4n) is 4.97. The van der Waals surface area contributed by atoms with Crippen LogP contribution in [0.1, 0.15) is 80.1 Å². The smallest absolute Gasteiger partial charge is 1.00 e. The zero-order valence-electron chi connectivity index (χ0n) is 19.8. The van der Waals surface area contributed by atoms with Crippen LogP contribution in [0.5, 0.6) is 0 Å². The van der Waals surface area contributed by atoms with E-state index in [1.54, 1.807) is 0 Å². The second kappa shape index (κ2) is 12.2. The Kier molecular flexibility index (Phi) is 12.3. The van der Waals surface area contributed by atoms with Crippen LogP contribution >= 0.6 is 0 Å². The van der Waals surface area contributed by atoms with E-state index in [-0.39, 0.29) is 50.9 Å².